The molecule has 6 atom stereocenters. The van der Waals surface area contributed by atoms with Crippen molar-refractivity contribution in [3.05, 3.63) is 50.0 Å². The Morgan fingerprint density at radius 3 is 2.28 bits per heavy atom. The number of carbonyl (C=O) groups excluding carboxylic acids is 6. The normalized spacial score (nSPS) is 26.1. The molecule has 260 valence electrons. The number of ether oxygens (including phenoxy) is 5. The summed E-state index contributed by atoms with van der Waals surface area (Å²) in [6.07, 6.45) is 1.47. The zero-order valence-corrected chi connectivity index (χ0v) is 29.1. The van der Waals surface area contributed by atoms with Gasteiger partial charge in [-0.05, 0) is 28.3 Å². The molecule has 1 N–H and O–H groups in total. The number of benzene rings is 1. The Balaban J connectivity index is 1.52. The molecule has 5 heterocycles. The molecular formula is C34H31BrN4O11. The third kappa shape index (κ3) is 5.24. The van der Waals surface area contributed by atoms with Gasteiger partial charge in [0.05, 0.1) is 22.3 Å². The van der Waals surface area contributed by atoms with Gasteiger partial charge in [0.25, 0.3) is 11.8 Å². The number of amides is 2. The Hall–Kier alpha value is -5.09. The number of fused-ring (bicyclic) bond motifs is 9. The molecule has 0 radical (unpaired) electrons. The van der Waals surface area contributed by atoms with Crippen molar-refractivity contribution in [3.63, 3.8) is 0 Å². The van der Waals surface area contributed by atoms with Gasteiger partial charge in [0.15, 0.2) is 24.5 Å². The Bertz CT molecular complexity index is 2150. The van der Waals surface area contributed by atoms with Crippen molar-refractivity contribution in [2.75, 3.05) is 18.6 Å². The Morgan fingerprint density at radius 2 is 1.60 bits per heavy atom. The number of esters is 4. The van der Waals surface area contributed by atoms with Crippen LogP contribution in [0.25, 0.3) is 22.6 Å². The minimum atomic E-state index is -1.45. The highest BCUT2D eigenvalue weighted by Crippen LogP contribution is 2.44. The maximum Gasteiger partial charge on any atom is 0.303 e. The minimum Gasteiger partial charge on any atom is -0.463 e. The first-order valence-corrected chi connectivity index (χ1v) is 16.5. The van der Waals surface area contributed by atoms with Crippen LogP contribution in [0.3, 0.4) is 0 Å². The molecule has 2 amide bonds. The number of rotatable bonds is 6. The fourth-order valence-corrected chi connectivity index (χ4v) is 7.74. The van der Waals surface area contributed by atoms with Gasteiger partial charge in [0.1, 0.15) is 18.9 Å². The number of imide groups is 1. The first-order chi connectivity index (χ1) is 23.8. The molecule has 4 aliphatic heterocycles. The van der Waals surface area contributed by atoms with Crippen molar-refractivity contribution in [3.8, 4) is 0 Å². The lowest BCUT2D eigenvalue weighted by molar-refractivity contribution is -0.252. The number of allylic oxidation sites excluding steroid dienone is 3. The van der Waals surface area contributed by atoms with Gasteiger partial charge in [-0.1, -0.05) is 22.0 Å². The van der Waals surface area contributed by atoms with Crippen LogP contribution in [0, 0.1) is 0 Å². The summed E-state index contributed by atoms with van der Waals surface area (Å²) < 4.78 is 29.9. The van der Waals surface area contributed by atoms with Crippen LogP contribution in [0.2, 0.25) is 0 Å². The predicted octanol–water partition coefficient (Wildman–Crippen LogP) is 1.03. The van der Waals surface area contributed by atoms with E-state index in [-0.39, 0.29) is 11.1 Å². The molecule has 1 aromatic heterocycles. The van der Waals surface area contributed by atoms with E-state index in [9.17, 15) is 28.8 Å². The van der Waals surface area contributed by atoms with Gasteiger partial charge in [0.2, 0.25) is 0 Å². The summed E-state index contributed by atoms with van der Waals surface area (Å²) in [5, 5.41) is 1.67. The molecule has 7 rings (SSSR count). The zero-order chi connectivity index (χ0) is 35.8. The van der Waals surface area contributed by atoms with Crippen molar-refractivity contribution in [2.24, 2.45) is 4.99 Å². The van der Waals surface area contributed by atoms with E-state index < -0.39 is 79.1 Å². The summed E-state index contributed by atoms with van der Waals surface area (Å²) in [4.78, 5) is 88.4. The van der Waals surface area contributed by atoms with Gasteiger partial charge >= 0.3 is 23.9 Å². The van der Waals surface area contributed by atoms with E-state index in [2.05, 4.69) is 20.9 Å². The standard InChI is InChI=1S/C34H31BrN4O11/c1-13(40)46-12-21-28(47-14(2)41)29(48-15(3)42)30(49-16(4)43)34(50-21)39-27-23(18-7-6-10-36-31(18)39)25-24(32(44)38(5)33(25)45)22-19-11-17(35)8-9-20(19)37-26(22)27/h6-10,21,28-31,34,37H,11-12H2,1-5H3/t21-,28-,29+,30-,31?,34-/m1/s1. The second-order valence-electron chi connectivity index (χ2n) is 12.4. The van der Waals surface area contributed by atoms with Crippen LogP contribution in [0.5, 0.6) is 0 Å². The number of halogens is 1. The lowest BCUT2D eigenvalue weighted by Crippen LogP contribution is -2.67. The van der Waals surface area contributed by atoms with Crippen LogP contribution < -0.4 is 15.5 Å². The van der Waals surface area contributed by atoms with Crippen LogP contribution in [-0.2, 0) is 49.3 Å². The molecule has 16 heteroatoms. The maximum absolute atomic E-state index is 14.0. The zero-order valence-electron chi connectivity index (χ0n) is 27.5. The van der Waals surface area contributed by atoms with E-state index in [0.717, 1.165) is 35.7 Å². The number of hydrogen-bond acceptors (Lipinski definition) is 13. The summed E-state index contributed by atoms with van der Waals surface area (Å²) in [5.74, 6) is -3.92. The smallest absolute Gasteiger partial charge is 0.303 e. The fourth-order valence-electron chi connectivity index (χ4n) is 7.32. The Kier molecular flexibility index (Phi) is 8.25. The fraction of sp³-hybridized carbons (Fsp3) is 0.382. The number of nitrogens with one attached hydrogen (secondary N) is 1. The average Bonchev–Trinajstić information content (AvgIpc) is 3.66. The van der Waals surface area contributed by atoms with Crippen LogP contribution in [0.1, 0.15) is 54.0 Å². The summed E-state index contributed by atoms with van der Waals surface area (Å²) in [7, 11) is 1.42. The van der Waals surface area contributed by atoms with E-state index in [4.69, 9.17) is 28.7 Å². The number of dihydropyridines is 1. The molecule has 1 unspecified atom stereocenters. The van der Waals surface area contributed by atoms with Gasteiger partial charge < -0.3 is 33.6 Å². The molecule has 0 bridgehead atoms. The Labute approximate surface area is 292 Å². The highest BCUT2D eigenvalue weighted by atomic mass is 79.9. The van der Waals surface area contributed by atoms with E-state index in [0.29, 0.717) is 39.2 Å². The monoisotopic (exact) mass is 750 g/mol. The summed E-state index contributed by atoms with van der Waals surface area (Å²) in [6, 6.07) is 0. The van der Waals surface area contributed by atoms with Gasteiger partial charge in [-0.3, -0.25) is 38.7 Å². The highest BCUT2D eigenvalue weighted by molar-refractivity contribution is 9.11. The predicted molar refractivity (Wildman–Crippen MR) is 178 cm³/mol. The molecule has 5 aliphatic rings. The molecule has 0 spiro atoms. The second kappa shape index (κ2) is 12.4. The molecule has 1 aliphatic carbocycles. The van der Waals surface area contributed by atoms with Gasteiger partial charge in [-0.2, -0.15) is 0 Å². The van der Waals surface area contributed by atoms with Crippen LogP contribution >= 0.6 is 15.9 Å². The summed E-state index contributed by atoms with van der Waals surface area (Å²) >= 11 is 3.57. The van der Waals surface area contributed by atoms with Crippen LogP contribution in [0.4, 0.5) is 5.69 Å². The van der Waals surface area contributed by atoms with Crippen LogP contribution in [0.15, 0.2) is 27.7 Å². The van der Waals surface area contributed by atoms with Crippen molar-refractivity contribution < 1.29 is 52.5 Å². The van der Waals surface area contributed by atoms with E-state index in [1.54, 1.807) is 23.3 Å². The second-order valence-corrected chi connectivity index (χ2v) is 13.4. The van der Waals surface area contributed by atoms with Crippen molar-refractivity contribution in [1.29, 1.82) is 0 Å². The number of carbonyl (C=O) groups is 6. The van der Waals surface area contributed by atoms with E-state index in [1.807, 2.05) is 12.2 Å². The number of aliphatic imine (C=N–C) groups is 1. The number of H-pyrrole nitrogens is 1. The molecule has 2 aromatic rings. The first kappa shape index (κ1) is 33.4. The molecule has 15 nitrogen and oxygen atoms in total. The SMILES string of the molecule is CC(=O)OC[C@H]1O[C@@H](N2c3c(c4c(c5c6c([nH]c35)=CC=C(Br)C6)C(=O)N(C)C4=O)=C3C=CC=NC32)[C@H](OC(C)=O)[C@@H](OC(C)=O)[C@@H]1OC(C)=O. The van der Waals surface area contributed by atoms with Gasteiger partial charge in [0, 0.05) is 68.9 Å². The number of nitrogens with zero attached hydrogens (tertiary/aromatic N) is 3. The largest absolute Gasteiger partial charge is 0.463 e. The lowest BCUT2D eigenvalue weighted by Gasteiger charge is -2.48. The molecule has 50 heavy (non-hydrogen) atoms. The quantitative estimate of drug-likeness (QED) is 0.252. The van der Waals surface area contributed by atoms with Crippen molar-refractivity contribution in [1.82, 2.24) is 9.88 Å². The number of hydrogen-bond donors (Lipinski definition) is 1. The van der Waals surface area contributed by atoms with Gasteiger partial charge in [-0.15, -0.1) is 0 Å². The average molecular weight is 752 g/mol. The maximum atomic E-state index is 14.0. The first-order valence-electron chi connectivity index (χ1n) is 15.7. The van der Waals surface area contributed by atoms with Crippen LogP contribution in [-0.4, -0.2) is 102 Å². The van der Waals surface area contributed by atoms with E-state index in [1.165, 1.54) is 14.0 Å². The highest BCUT2D eigenvalue weighted by Gasteiger charge is 2.57. The summed E-state index contributed by atoms with van der Waals surface area (Å²) in [6.45, 7) is 4.22. The summed E-state index contributed by atoms with van der Waals surface area (Å²) in [5.41, 5.74) is 2.68. The molecule has 1 saturated heterocycles. The third-order valence-electron chi connectivity index (χ3n) is 9.09. The number of anilines is 1. The van der Waals surface area contributed by atoms with E-state index >= 15 is 0 Å². The molecule has 1 aromatic carbocycles. The number of aromatic nitrogens is 1. The topological polar surface area (TPSA) is 183 Å². The minimum absolute atomic E-state index is 0.183. The molecule has 1 fully saturated rings. The Morgan fingerprint density at radius 1 is 0.940 bits per heavy atom. The lowest BCUT2D eigenvalue weighted by atomic mass is 9.94. The molecule has 0 saturated carbocycles. The van der Waals surface area contributed by atoms with Gasteiger partial charge in [-0.25, -0.2) is 0 Å². The molecular weight excluding hydrogens is 720 g/mol. The van der Waals surface area contributed by atoms with Crippen molar-refractivity contribution in [2.45, 2.75) is 70.9 Å². The third-order valence-corrected chi connectivity index (χ3v) is 9.64. The number of aromatic amines is 1. The van der Waals surface area contributed by atoms with Crippen molar-refractivity contribution >= 4 is 86.1 Å².